The van der Waals surface area contributed by atoms with Gasteiger partial charge in [0, 0.05) is 5.70 Å². The Morgan fingerprint density at radius 3 is 2.55 bits per heavy atom. The van der Waals surface area contributed by atoms with E-state index in [1.165, 1.54) is 6.20 Å². The van der Waals surface area contributed by atoms with E-state index in [0.717, 1.165) is 5.56 Å². The zero-order valence-corrected chi connectivity index (χ0v) is 5.99. The van der Waals surface area contributed by atoms with Gasteiger partial charge in [0.2, 0.25) is 0 Å². The average molecular weight is 144 g/mol. The molecule has 2 heteroatoms. The first-order chi connectivity index (χ1) is 5.34. The number of rotatable bonds is 1. The quantitative estimate of drug-likeness (QED) is 0.599. The summed E-state index contributed by atoms with van der Waals surface area (Å²) < 4.78 is 0. The molecule has 0 aliphatic heterocycles. The summed E-state index contributed by atoms with van der Waals surface area (Å²) in [5.41, 5.74) is 6.96. The van der Waals surface area contributed by atoms with Gasteiger partial charge in [0.05, 0.1) is 6.57 Å². The first-order valence-electron chi connectivity index (χ1n) is 3.22. The Morgan fingerprint density at radius 2 is 2.00 bits per heavy atom. The van der Waals surface area contributed by atoms with Crippen LogP contribution in [0, 0.1) is 6.57 Å². The van der Waals surface area contributed by atoms with Crippen molar-refractivity contribution >= 4 is 5.70 Å². The number of nitrogens with zero attached hydrogens (tertiary/aromatic N) is 1. The lowest BCUT2D eigenvalue weighted by atomic mass is 10.2. The summed E-state index contributed by atoms with van der Waals surface area (Å²) in [6.45, 7) is 6.55. The summed E-state index contributed by atoms with van der Waals surface area (Å²) in [5, 5.41) is 0. The summed E-state index contributed by atoms with van der Waals surface area (Å²) in [6, 6.07) is 9.43. The number of hydrogen-bond donors (Lipinski definition) is 1. The van der Waals surface area contributed by atoms with Crippen molar-refractivity contribution in [2.45, 2.75) is 0 Å². The molecule has 0 aliphatic carbocycles. The fourth-order valence-electron chi connectivity index (χ4n) is 0.775. The number of benzene rings is 1. The minimum atomic E-state index is 0.514. The van der Waals surface area contributed by atoms with E-state index in [2.05, 4.69) is 4.85 Å². The Kier molecular flexibility index (Phi) is 2.29. The molecule has 0 saturated heterocycles. The molecule has 1 rings (SSSR count). The molecule has 0 amide bonds. The maximum atomic E-state index is 6.55. The molecule has 2 nitrogen and oxygen atoms in total. The predicted molar refractivity (Wildman–Crippen MR) is 45.2 cm³/mol. The molecule has 54 valence electrons. The van der Waals surface area contributed by atoms with Gasteiger partial charge in [-0.1, -0.05) is 30.3 Å². The molecule has 0 bridgehead atoms. The molecule has 0 spiro atoms. The molecule has 0 fully saturated rings. The molecule has 0 heterocycles. The fraction of sp³-hybridized carbons (Fsp3) is 0. The summed E-state index contributed by atoms with van der Waals surface area (Å²) >= 11 is 0. The van der Waals surface area contributed by atoms with Crippen LogP contribution in [-0.4, -0.2) is 0 Å². The van der Waals surface area contributed by atoms with Crippen LogP contribution in [0.5, 0.6) is 0 Å². The van der Waals surface area contributed by atoms with Crippen molar-refractivity contribution in [2.75, 3.05) is 0 Å². The zero-order chi connectivity index (χ0) is 8.10. The van der Waals surface area contributed by atoms with Gasteiger partial charge in [0.1, 0.15) is 0 Å². The smallest absolute Gasteiger partial charge is 0.176 e. The average Bonchev–Trinajstić information content (AvgIpc) is 2.07. The Balaban J connectivity index is 2.96. The van der Waals surface area contributed by atoms with Crippen molar-refractivity contribution < 1.29 is 0 Å². The highest BCUT2D eigenvalue weighted by Crippen LogP contribution is 2.06. The zero-order valence-electron chi connectivity index (χ0n) is 5.99. The van der Waals surface area contributed by atoms with E-state index in [-0.39, 0.29) is 0 Å². The molecule has 0 atom stereocenters. The standard InChI is InChI=1S/C9H8N2/c1-11-7-9(10)8-5-3-2-4-6-8/h2-7H,10H2/b9-7+. The first kappa shape index (κ1) is 7.36. The number of hydrogen-bond acceptors (Lipinski definition) is 1. The predicted octanol–water partition coefficient (Wildman–Crippen LogP) is 1.86. The van der Waals surface area contributed by atoms with Crippen LogP contribution in [0.1, 0.15) is 5.56 Å². The molecular formula is C9H8N2. The monoisotopic (exact) mass is 144 g/mol. The van der Waals surface area contributed by atoms with E-state index >= 15 is 0 Å². The van der Waals surface area contributed by atoms with Crippen molar-refractivity contribution in [3.05, 3.63) is 53.5 Å². The van der Waals surface area contributed by atoms with Gasteiger partial charge in [0.25, 0.3) is 0 Å². The summed E-state index contributed by atoms with van der Waals surface area (Å²) in [5.74, 6) is 0. The van der Waals surface area contributed by atoms with Crippen molar-refractivity contribution in [3.8, 4) is 0 Å². The van der Waals surface area contributed by atoms with E-state index in [1.807, 2.05) is 30.3 Å². The van der Waals surface area contributed by atoms with Crippen LogP contribution >= 0.6 is 0 Å². The molecule has 2 N–H and O–H groups in total. The van der Waals surface area contributed by atoms with Crippen molar-refractivity contribution in [2.24, 2.45) is 5.73 Å². The van der Waals surface area contributed by atoms with E-state index in [0.29, 0.717) is 5.70 Å². The summed E-state index contributed by atoms with van der Waals surface area (Å²) in [4.78, 5) is 3.07. The lowest BCUT2D eigenvalue weighted by Gasteiger charge is -1.97. The molecule has 0 aliphatic rings. The van der Waals surface area contributed by atoms with Gasteiger partial charge in [0.15, 0.2) is 6.20 Å². The van der Waals surface area contributed by atoms with E-state index in [9.17, 15) is 0 Å². The van der Waals surface area contributed by atoms with Gasteiger partial charge < -0.3 is 5.73 Å². The second-order valence-corrected chi connectivity index (χ2v) is 2.08. The Hall–Kier alpha value is -1.75. The Morgan fingerprint density at radius 1 is 1.36 bits per heavy atom. The molecular weight excluding hydrogens is 136 g/mol. The molecule has 0 saturated carbocycles. The summed E-state index contributed by atoms with van der Waals surface area (Å²) in [7, 11) is 0. The Labute approximate surface area is 65.8 Å². The molecule has 0 aromatic heterocycles. The number of nitrogens with two attached hydrogens (primary N) is 1. The van der Waals surface area contributed by atoms with Gasteiger partial charge in [-0.3, -0.25) is 0 Å². The molecule has 0 unspecified atom stereocenters. The SMILES string of the molecule is [C-]#[N+]/C=C(/N)c1ccccc1. The third-order valence-electron chi connectivity index (χ3n) is 1.31. The van der Waals surface area contributed by atoms with Crippen LogP contribution in [0.25, 0.3) is 10.5 Å². The first-order valence-corrected chi connectivity index (χ1v) is 3.22. The second kappa shape index (κ2) is 3.43. The minimum absolute atomic E-state index is 0.514. The maximum Gasteiger partial charge on any atom is 0.176 e. The topological polar surface area (TPSA) is 30.4 Å². The Bertz CT molecular complexity index is 293. The lowest BCUT2D eigenvalue weighted by molar-refractivity contribution is 1.52. The molecule has 1 aromatic carbocycles. The highest BCUT2D eigenvalue weighted by molar-refractivity contribution is 5.63. The molecule has 0 radical (unpaired) electrons. The maximum absolute atomic E-state index is 6.55. The van der Waals surface area contributed by atoms with Crippen LogP contribution in [0.3, 0.4) is 0 Å². The van der Waals surface area contributed by atoms with Crippen molar-refractivity contribution in [1.29, 1.82) is 0 Å². The van der Waals surface area contributed by atoms with Gasteiger partial charge in [-0.2, -0.15) is 0 Å². The lowest BCUT2D eigenvalue weighted by Crippen LogP contribution is -1.93. The molecule has 1 aromatic rings. The van der Waals surface area contributed by atoms with E-state index in [1.54, 1.807) is 0 Å². The van der Waals surface area contributed by atoms with Crippen LogP contribution in [0.2, 0.25) is 0 Å². The largest absolute Gasteiger partial charge is 0.407 e. The van der Waals surface area contributed by atoms with E-state index in [4.69, 9.17) is 12.3 Å². The van der Waals surface area contributed by atoms with Crippen LogP contribution in [0.15, 0.2) is 36.5 Å². The third kappa shape index (κ3) is 1.84. The van der Waals surface area contributed by atoms with Crippen LogP contribution in [0.4, 0.5) is 0 Å². The normalized spacial score (nSPS) is 10.6. The van der Waals surface area contributed by atoms with Gasteiger partial charge in [-0.15, -0.1) is 0 Å². The van der Waals surface area contributed by atoms with Crippen LogP contribution < -0.4 is 5.73 Å². The van der Waals surface area contributed by atoms with Gasteiger partial charge in [-0.25, -0.2) is 4.85 Å². The van der Waals surface area contributed by atoms with Gasteiger partial charge in [-0.05, 0) is 5.56 Å². The highest BCUT2D eigenvalue weighted by atomic mass is 14.7. The van der Waals surface area contributed by atoms with Crippen molar-refractivity contribution in [3.63, 3.8) is 0 Å². The summed E-state index contributed by atoms with van der Waals surface area (Å²) in [6.07, 6.45) is 1.31. The van der Waals surface area contributed by atoms with Crippen LogP contribution in [-0.2, 0) is 0 Å². The third-order valence-corrected chi connectivity index (χ3v) is 1.31. The van der Waals surface area contributed by atoms with Crippen molar-refractivity contribution in [1.82, 2.24) is 0 Å². The van der Waals surface area contributed by atoms with Gasteiger partial charge >= 0.3 is 0 Å². The van der Waals surface area contributed by atoms with E-state index < -0.39 is 0 Å². The molecule has 11 heavy (non-hydrogen) atoms. The highest BCUT2D eigenvalue weighted by Gasteiger charge is 1.90. The minimum Gasteiger partial charge on any atom is -0.407 e. The second-order valence-electron chi connectivity index (χ2n) is 2.08. The fourth-order valence-corrected chi connectivity index (χ4v) is 0.775.